The molecule has 0 aliphatic carbocycles. The fraction of sp³-hybridized carbons (Fsp3) is 0. The zero-order valence-corrected chi connectivity index (χ0v) is 11.8. The SMILES string of the molecule is Fc1cnc(-n2ccc(-c3cnn(-c4cccnc4)c3)n2)nc1. The van der Waals surface area contributed by atoms with Crippen molar-refractivity contribution in [3.8, 4) is 22.9 Å². The summed E-state index contributed by atoms with van der Waals surface area (Å²) in [5.74, 6) is -0.184. The molecule has 8 heteroatoms. The van der Waals surface area contributed by atoms with Crippen LogP contribution in [-0.2, 0) is 0 Å². The molecule has 0 atom stereocenters. The van der Waals surface area contributed by atoms with E-state index in [0.717, 1.165) is 23.6 Å². The van der Waals surface area contributed by atoms with E-state index in [1.165, 1.54) is 4.68 Å². The minimum absolute atomic E-state index is 0.303. The van der Waals surface area contributed by atoms with Gasteiger partial charge in [-0.2, -0.15) is 10.2 Å². The van der Waals surface area contributed by atoms with Crippen LogP contribution in [0, 0.1) is 5.82 Å². The molecule has 4 heterocycles. The maximum Gasteiger partial charge on any atom is 0.250 e. The lowest BCUT2D eigenvalue weighted by Crippen LogP contribution is -2.01. The summed E-state index contributed by atoms with van der Waals surface area (Å²) in [7, 11) is 0. The Morgan fingerprint density at radius 1 is 0.957 bits per heavy atom. The van der Waals surface area contributed by atoms with Gasteiger partial charge in [-0.3, -0.25) is 4.98 Å². The van der Waals surface area contributed by atoms with Crippen LogP contribution in [0.1, 0.15) is 0 Å². The minimum atomic E-state index is -0.487. The molecule has 7 nitrogen and oxygen atoms in total. The largest absolute Gasteiger partial charge is 0.262 e. The van der Waals surface area contributed by atoms with E-state index >= 15 is 0 Å². The van der Waals surface area contributed by atoms with Crippen molar-refractivity contribution < 1.29 is 4.39 Å². The fourth-order valence-corrected chi connectivity index (χ4v) is 2.10. The average Bonchev–Trinajstić information content (AvgIpc) is 3.26. The third kappa shape index (κ3) is 2.57. The molecule has 0 aliphatic rings. The second kappa shape index (κ2) is 5.41. The van der Waals surface area contributed by atoms with E-state index in [9.17, 15) is 4.39 Å². The lowest BCUT2D eigenvalue weighted by atomic mass is 10.3. The van der Waals surface area contributed by atoms with Crippen LogP contribution in [0.5, 0.6) is 0 Å². The zero-order chi connectivity index (χ0) is 15.6. The van der Waals surface area contributed by atoms with E-state index < -0.39 is 5.82 Å². The Balaban J connectivity index is 1.65. The molecule has 0 aliphatic heterocycles. The summed E-state index contributed by atoms with van der Waals surface area (Å²) in [4.78, 5) is 11.9. The number of hydrogen-bond acceptors (Lipinski definition) is 5. The Hall–Kier alpha value is -3.42. The van der Waals surface area contributed by atoms with Crippen LogP contribution in [0.3, 0.4) is 0 Å². The van der Waals surface area contributed by atoms with Gasteiger partial charge in [-0.1, -0.05) is 0 Å². The van der Waals surface area contributed by atoms with Gasteiger partial charge in [0, 0.05) is 24.2 Å². The van der Waals surface area contributed by atoms with Crippen molar-refractivity contribution in [1.82, 2.24) is 34.5 Å². The second-order valence-corrected chi connectivity index (χ2v) is 4.73. The first kappa shape index (κ1) is 13.3. The average molecular weight is 307 g/mol. The number of hydrogen-bond donors (Lipinski definition) is 0. The number of nitrogens with zero attached hydrogens (tertiary/aromatic N) is 7. The van der Waals surface area contributed by atoms with Crippen LogP contribution in [0.25, 0.3) is 22.9 Å². The van der Waals surface area contributed by atoms with Crippen molar-refractivity contribution >= 4 is 0 Å². The van der Waals surface area contributed by atoms with Crippen molar-refractivity contribution in [2.45, 2.75) is 0 Å². The van der Waals surface area contributed by atoms with Crippen molar-refractivity contribution in [3.63, 3.8) is 0 Å². The maximum absolute atomic E-state index is 12.9. The molecular weight excluding hydrogens is 297 g/mol. The minimum Gasteiger partial charge on any atom is -0.262 e. The predicted octanol–water partition coefficient (Wildman–Crippen LogP) is 2.05. The Labute approximate surface area is 130 Å². The summed E-state index contributed by atoms with van der Waals surface area (Å²) in [5.41, 5.74) is 2.42. The van der Waals surface area contributed by atoms with Gasteiger partial charge in [-0.25, -0.2) is 23.7 Å². The molecule has 0 N–H and O–H groups in total. The number of aromatic nitrogens is 7. The molecule has 0 aromatic carbocycles. The van der Waals surface area contributed by atoms with Gasteiger partial charge in [0.25, 0.3) is 5.95 Å². The van der Waals surface area contributed by atoms with Crippen LogP contribution in [0.4, 0.5) is 4.39 Å². The summed E-state index contributed by atoms with van der Waals surface area (Å²) in [6.45, 7) is 0. The van der Waals surface area contributed by atoms with Gasteiger partial charge in [0.1, 0.15) is 0 Å². The molecule has 0 amide bonds. The molecule has 112 valence electrons. The molecule has 0 radical (unpaired) electrons. The molecular formula is C15H10FN7. The van der Waals surface area contributed by atoms with Crippen molar-refractivity contribution in [3.05, 3.63) is 67.4 Å². The van der Waals surface area contributed by atoms with Crippen LogP contribution < -0.4 is 0 Å². The summed E-state index contributed by atoms with van der Waals surface area (Å²) in [5, 5.41) is 8.69. The fourth-order valence-electron chi connectivity index (χ4n) is 2.10. The highest BCUT2D eigenvalue weighted by atomic mass is 19.1. The van der Waals surface area contributed by atoms with Gasteiger partial charge >= 0.3 is 0 Å². The van der Waals surface area contributed by atoms with Gasteiger partial charge in [-0.05, 0) is 18.2 Å². The standard InChI is InChI=1S/C15H10FN7/c16-12-7-18-15(19-8-12)22-5-3-14(21-22)11-6-20-23(10-11)13-2-1-4-17-9-13/h1-10H. The van der Waals surface area contributed by atoms with Gasteiger partial charge in [0.05, 0.1) is 36.2 Å². The Morgan fingerprint density at radius 3 is 2.61 bits per heavy atom. The molecule has 0 unspecified atom stereocenters. The van der Waals surface area contributed by atoms with Gasteiger partial charge in [0.2, 0.25) is 0 Å². The monoisotopic (exact) mass is 307 g/mol. The highest BCUT2D eigenvalue weighted by Gasteiger charge is 2.09. The van der Waals surface area contributed by atoms with Crippen LogP contribution in [0.15, 0.2) is 61.6 Å². The van der Waals surface area contributed by atoms with Gasteiger partial charge in [0.15, 0.2) is 5.82 Å². The van der Waals surface area contributed by atoms with Crippen molar-refractivity contribution in [2.24, 2.45) is 0 Å². The molecule has 4 aromatic rings. The molecule has 0 saturated heterocycles. The van der Waals surface area contributed by atoms with Gasteiger partial charge in [-0.15, -0.1) is 0 Å². The second-order valence-electron chi connectivity index (χ2n) is 4.73. The van der Waals surface area contributed by atoms with Crippen LogP contribution in [-0.4, -0.2) is 34.5 Å². The topological polar surface area (TPSA) is 74.3 Å². The highest BCUT2D eigenvalue weighted by Crippen LogP contribution is 2.18. The Bertz CT molecular complexity index is 928. The molecule has 4 aromatic heterocycles. The van der Waals surface area contributed by atoms with E-state index in [-0.39, 0.29) is 0 Å². The van der Waals surface area contributed by atoms with Crippen molar-refractivity contribution in [2.75, 3.05) is 0 Å². The normalized spacial score (nSPS) is 10.8. The molecule has 0 spiro atoms. The van der Waals surface area contributed by atoms with E-state index in [1.807, 2.05) is 24.4 Å². The van der Waals surface area contributed by atoms with E-state index in [0.29, 0.717) is 11.6 Å². The van der Waals surface area contributed by atoms with Crippen molar-refractivity contribution in [1.29, 1.82) is 0 Å². The zero-order valence-electron chi connectivity index (χ0n) is 11.8. The highest BCUT2D eigenvalue weighted by molar-refractivity contribution is 5.57. The third-order valence-electron chi connectivity index (χ3n) is 3.19. The Kier molecular flexibility index (Phi) is 3.12. The lowest BCUT2D eigenvalue weighted by molar-refractivity contribution is 0.608. The molecule has 0 bridgehead atoms. The first-order chi connectivity index (χ1) is 11.3. The molecule has 0 fully saturated rings. The molecule has 0 saturated carbocycles. The smallest absolute Gasteiger partial charge is 0.250 e. The number of rotatable bonds is 3. The first-order valence-electron chi connectivity index (χ1n) is 6.79. The number of pyridine rings is 1. The molecule has 23 heavy (non-hydrogen) atoms. The quantitative estimate of drug-likeness (QED) is 0.579. The van der Waals surface area contributed by atoms with Gasteiger partial charge < -0.3 is 0 Å². The van der Waals surface area contributed by atoms with Crippen LogP contribution >= 0.6 is 0 Å². The predicted molar refractivity (Wildman–Crippen MR) is 79.5 cm³/mol. The van der Waals surface area contributed by atoms with E-state index in [1.54, 1.807) is 29.5 Å². The summed E-state index contributed by atoms with van der Waals surface area (Å²) >= 11 is 0. The Morgan fingerprint density at radius 2 is 1.83 bits per heavy atom. The van der Waals surface area contributed by atoms with E-state index in [4.69, 9.17) is 0 Å². The summed E-state index contributed by atoms with van der Waals surface area (Å²) in [6.07, 6.45) is 10.9. The summed E-state index contributed by atoms with van der Waals surface area (Å²) < 4.78 is 16.1. The first-order valence-corrected chi connectivity index (χ1v) is 6.79. The maximum atomic E-state index is 12.9. The number of halogens is 1. The molecule has 4 rings (SSSR count). The van der Waals surface area contributed by atoms with Crippen LogP contribution in [0.2, 0.25) is 0 Å². The summed E-state index contributed by atoms with van der Waals surface area (Å²) in [6, 6.07) is 5.57. The third-order valence-corrected chi connectivity index (χ3v) is 3.19. The van der Waals surface area contributed by atoms with E-state index in [2.05, 4.69) is 25.1 Å². The lowest BCUT2D eigenvalue weighted by Gasteiger charge is -1.98.